The van der Waals surface area contributed by atoms with Crippen LogP contribution < -0.4 is 10.6 Å². The standard InChI is InChI=1S/C19H19ClN4OS/c1-19(2,3)13-6-4-12(5-7-13)16-23-24-18(26-16)22-17(25)21-15-10-8-14(20)9-11-15/h4-11H,1-3H3,(H2,21,22,24,25). The van der Waals surface area contributed by atoms with Gasteiger partial charge in [0.25, 0.3) is 0 Å². The summed E-state index contributed by atoms with van der Waals surface area (Å²) >= 11 is 7.15. The summed E-state index contributed by atoms with van der Waals surface area (Å²) in [6.45, 7) is 6.52. The minimum absolute atomic E-state index is 0.103. The van der Waals surface area contributed by atoms with Gasteiger partial charge in [-0.3, -0.25) is 5.32 Å². The van der Waals surface area contributed by atoms with Gasteiger partial charge in [0.2, 0.25) is 5.13 Å². The molecular formula is C19H19ClN4OS. The van der Waals surface area contributed by atoms with Gasteiger partial charge in [-0.05, 0) is 35.2 Å². The second-order valence-corrected chi connectivity index (χ2v) is 8.24. The summed E-state index contributed by atoms with van der Waals surface area (Å²) in [6.07, 6.45) is 0. The molecule has 0 aliphatic rings. The van der Waals surface area contributed by atoms with Crippen molar-refractivity contribution in [1.29, 1.82) is 0 Å². The van der Waals surface area contributed by atoms with Crippen molar-refractivity contribution in [3.63, 3.8) is 0 Å². The number of hydrogen-bond donors (Lipinski definition) is 2. The lowest BCUT2D eigenvalue weighted by atomic mass is 9.87. The van der Waals surface area contributed by atoms with E-state index in [9.17, 15) is 4.79 Å². The van der Waals surface area contributed by atoms with Crippen molar-refractivity contribution in [2.24, 2.45) is 0 Å². The van der Waals surface area contributed by atoms with Gasteiger partial charge in [-0.1, -0.05) is 68.0 Å². The number of amides is 2. The number of nitrogens with one attached hydrogen (secondary N) is 2. The Morgan fingerprint density at radius 2 is 1.62 bits per heavy atom. The molecule has 134 valence electrons. The van der Waals surface area contributed by atoms with Gasteiger partial charge in [-0.2, -0.15) is 0 Å². The van der Waals surface area contributed by atoms with Crippen molar-refractivity contribution in [2.75, 3.05) is 10.6 Å². The van der Waals surface area contributed by atoms with Gasteiger partial charge in [0.1, 0.15) is 5.01 Å². The van der Waals surface area contributed by atoms with Gasteiger partial charge in [0.15, 0.2) is 0 Å². The first-order valence-electron chi connectivity index (χ1n) is 8.09. The number of carbonyl (C=O) groups is 1. The van der Waals surface area contributed by atoms with Crippen LogP contribution in [-0.2, 0) is 5.41 Å². The van der Waals surface area contributed by atoms with E-state index in [2.05, 4.69) is 53.7 Å². The molecule has 2 N–H and O–H groups in total. The van der Waals surface area contributed by atoms with E-state index in [0.29, 0.717) is 15.8 Å². The Labute approximate surface area is 161 Å². The highest BCUT2D eigenvalue weighted by Gasteiger charge is 2.14. The van der Waals surface area contributed by atoms with E-state index in [-0.39, 0.29) is 11.4 Å². The maximum absolute atomic E-state index is 12.1. The molecule has 0 unspecified atom stereocenters. The molecule has 0 aliphatic heterocycles. The highest BCUT2D eigenvalue weighted by Crippen LogP contribution is 2.29. The first kappa shape index (κ1) is 18.4. The number of rotatable bonds is 3. The van der Waals surface area contributed by atoms with E-state index in [4.69, 9.17) is 11.6 Å². The fraction of sp³-hybridized carbons (Fsp3) is 0.211. The Hall–Kier alpha value is -2.44. The molecule has 3 aromatic rings. The number of halogens is 1. The molecule has 0 fully saturated rings. The zero-order valence-corrected chi connectivity index (χ0v) is 16.3. The van der Waals surface area contributed by atoms with Crippen LogP contribution in [0, 0.1) is 0 Å². The Balaban J connectivity index is 1.66. The maximum Gasteiger partial charge on any atom is 0.325 e. The van der Waals surface area contributed by atoms with Gasteiger partial charge in [-0.15, -0.1) is 10.2 Å². The minimum Gasteiger partial charge on any atom is -0.308 e. The molecule has 0 atom stereocenters. The number of anilines is 2. The maximum atomic E-state index is 12.1. The Kier molecular flexibility index (Phi) is 5.25. The highest BCUT2D eigenvalue weighted by atomic mass is 35.5. The molecule has 0 saturated carbocycles. The quantitative estimate of drug-likeness (QED) is 0.597. The SMILES string of the molecule is CC(C)(C)c1ccc(-c2nnc(NC(=O)Nc3ccc(Cl)cc3)s2)cc1. The van der Waals surface area contributed by atoms with Crippen molar-refractivity contribution in [1.82, 2.24) is 10.2 Å². The largest absolute Gasteiger partial charge is 0.325 e. The molecular weight excluding hydrogens is 368 g/mol. The van der Waals surface area contributed by atoms with Crippen LogP contribution in [0.1, 0.15) is 26.3 Å². The number of urea groups is 1. The third-order valence-corrected chi connectivity index (χ3v) is 4.89. The Morgan fingerprint density at radius 1 is 0.962 bits per heavy atom. The van der Waals surface area contributed by atoms with Crippen LogP contribution >= 0.6 is 22.9 Å². The zero-order valence-electron chi connectivity index (χ0n) is 14.7. The smallest absolute Gasteiger partial charge is 0.308 e. The molecule has 2 aromatic carbocycles. The lowest BCUT2D eigenvalue weighted by Crippen LogP contribution is -2.19. The van der Waals surface area contributed by atoms with E-state index in [1.165, 1.54) is 16.9 Å². The third-order valence-electron chi connectivity index (χ3n) is 3.75. The van der Waals surface area contributed by atoms with Crippen LogP contribution in [0.25, 0.3) is 10.6 Å². The highest BCUT2D eigenvalue weighted by molar-refractivity contribution is 7.18. The van der Waals surface area contributed by atoms with Gasteiger partial charge in [0.05, 0.1) is 0 Å². The van der Waals surface area contributed by atoms with Crippen LogP contribution in [0.5, 0.6) is 0 Å². The molecule has 2 amide bonds. The fourth-order valence-corrected chi connectivity index (χ4v) is 3.17. The van der Waals surface area contributed by atoms with Crippen LogP contribution in [0.4, 0.5) is 15.6 Å². The Morgan fingerprint density at radius 3 is 2.23 bits per heavy atom. The van der Waals surface area contributed by atoms with E-state index >= 15 is 0 Å². The molecule has 1 aromatic heterocycles. The number of carbonyl (C=O) groups excluding carboxylic acids is 1. The monoisotopic (exact) mass is 386 g/mol. The summed E-state index contributed by atoms with van der Waals surface area (Å²) in [6, 6.07) is 14.7. The molecule has 5 nitrogen and oxygen atoms in total. The average molecular weight is 387 g/mol. The van der Waals surface area contributed by atoms with Gasteiger partial charge < -0.3 is 5.32 Å². The second-order valence-electron chi connectivity index (χ2n) is 6.83. The molecule has 0 spiro atoms. The van der Waals surface area contributed by atoms with Gasteiger partial charge >= 0.3 is 6.03 Å². The summed E-state index contributed by atoms with van der Waals surface area (Å²) in [5.41, 5.74) is 2.98. The predicted molar refractivity (Wildman–Crippen MR) is 108 cm³/mol. The van der Waals surface area contributed by atoms with Gasteiger partial charge in [-0.25, -0.2) is 4.79 Å². The number of benzene rings is 2. The minimum atomic E-state index is -0.377. The van der Waals surface area contributed by atoms with Crippen molar-refractivity contribution in [3.8, 4) is 10.6 Å². The fourth-order valence-electron chi connectivity index (χ4n) is 2.30. The van der Waals surface area contributed by atoms with Crippen molar-refractivity contribution < 1.29 is 4.79 Å². The summed E-state index contributed by atoms with van der Waals surface area (Å²) < 4.78 is 0. The van der Waals surface area contributed by atoms with Gasteiger partial charge in [0, 0.05) is 16.3 Å². The summed E-state index contributed by atoms with van der Waals surface area (Å²) in [5, 5.41) is 15.4. The average Bonchev–Trinajstić information content (AvgIpc) is 3.04. The lowest BCUT2D eigenvalue weighted by Gasteiger charge is -2.18. The van der Waals surface area contributed by atoms with Crippen molar-refractivity contribution in [3.05, 3.63) is 59.1 Å². The molecule has 26 heavy (non-hydrogen) atoms. The topological polar surface area (TPSA) is 66.9 Å². The van der Waals surface area contributed by atoms with Crippen molar-refractivity contribution >= 4 is 39.8 Å². The number of nitrogens with zero attached hydrogens (tertiary/aromatic N) is 2. The molecule has 0 aliphatic carbocycles. The van der Waals surface area contributed by atoms with Crippen LogP contribution in [0.15, 0.2) is 48.5 Å². The predicted octanol–water partition coefficient (Wildman–Crippen LogP) is 5.80. The first-order valence-corrected chi connectivity index (χ1v) is 9.29. The third kappa shape index (κ3) is 4.59. The summed E-state index contributed by atoms with van der Waals surface area (Å²) in [5.74, 6) is 0. The number of aromatic nitrogens is 2. The lowest BCUT2D eigenvalue weighted by molar-refractivity contribution is 0.262. The summed E-state index contributed by atoms with van der Waals surface area (Å²) in [4.78, 5) is 12.1. The van der Waals surface area contributed by atoms with E-state index in [1.54, 1.807) is 24.3 Å². The van der Waals surface area contributed by atoms with E-state index in [1.807, 2.05) is 12.1 Å². The molecule has 1 heterocycles. The number of hydrogen-bond acceptors (Lipinski definition) is 4. The van der Waals surface area contributed by atoms with Crippen LogP contribution in [0.2, 0.25) is 5.02 Å². The zero-order chi connectivity index (χ0) is 18.7. The molecule has 0 bridgehead atoms. The van der Waals surface area contributed by atoms with E-state index < -0.39 is 0 Å². The van der Waals surface area contributed by atoms with Crippen LogP contribution in [0.3, 0.4) is 0 Å². The van der Waals surface area contributed by atoms with Crippen LogP contribution in [-0.4, -0.2) is 16.2 Å². The normalized spacial score (nSPS) is 11.2. The molecule has 0 radical (unpaired) electrons. The second kappa shape index (κ2) is 7.43. The Bertz CT molecular complexity index is 899. The first-order chi connectivity index (χ1) is 12.3. The van der Waals surface area contributed by atoms with Crippen molar-refractivity contribution in [2.45, 2.75) is 26.2 Å². The molecule has 0 saturated heterocycles. The summed E-state index contributed by atoms with van der Waals surface area (Å²) in [7, 11) is 0. The molecule has 7 heteroatoms. The van der Waals surface area contributed by atoms with E-state index in [0.717, 1.165) is 10.6 Å². The molecule has 3 rings (SSSR count).